The molecule has 2 rings (SSSR count). The molecule has 0 heterocycles. The molecule has 2 amide bonds. The highest BCUT2D eigenvalue weighted by Gasteiger charge is 2.30. The summed E-state index contributed by atoms with van der Waals surface area (Å²) in [7, 11) is 0. The summed E-state index contributed by atoms with van der Waals surface area (Å²) in [6.45, 7) is 8.02. The van der Waals surface area contributed by atoms with Crippen molar-refractivity contribution < 1.29 is 9.59 Å². The van der Waals surface area contributed by atoms with Gasteiger partial charge in [-0.15, -0.1) is 0 Å². The van der Waals surface area contributed by atoms with Gasteiger partial charge >= 0.3 is 0 Å². The van der Waals surface area contributed by atoms with Crippen molar-refractivity contribution >= 4 is 46.8 Å². The molecule has 1 N–H and O–H groups in total. The summed E-state index contributed by atoms with van der Waals surface area (Å²) in [6.07, 6.45) is 0.879. The summed E-state index contributed by atoms with van der Waals surface area (Å²) in [5.74, 6) is 1.34. The highest BCUT2D eigenvalue weighted by atomic mass is 35.5. The third-order valence-electron chi connectivity index (χ3n) is 4.79. The van der Waals surface area contributed by atoms with E-state index in [9.17, 15) is 9.59 Å². The van der Waals surface area contributed by atoms with Gasteiger partial charge in [-0.05, 0) is 50.5 Å². The summed E-state index contributed by atoms with van der Waals surface area (Å²) in [5, 5.41) is 3.91. The molecule has 0 saturated carbocycles. The van der Waals surface area contributed by atoms with Gasteiger partial charge < -0.3 is 10.2 Å². The van der Waals surface area contributed by atoms with Crippen molar-refractivity contribution in [2.75, 3.05) is 5.75 Å². The number of nitrogens with zero attached hydrogens (tertiary/aromatic N) is 1. The minimum Gasteiger partial charge on any atom is -0.350 e. The van der Waals surface area contributed by atoms with Crippen molar-refractivity contribution in [2.45, 2.75) is 64.4 Å². The number of benzene rings is 2. The molecule has 174 valence electrons. The van der Waals surface area contributed by atoms with Crippen molar-refractivity contribution in [3.05, 3.63) is 69.7 Å². The molecule has 0 unspecified atom stereocenters. The van der Waals surface area contributed by atoms with Crippen LogP contribution in [0.4, 0.5) is 0 Å². The first kappa shape index (κ1) is 26.6. The number of amides is 2. The van der Waals surface area contributed by atoms with Gasteiger partial charge in [0.15, 0.2) is 0 Å². The van der Waals surface area contributed by atoms with Gasteiger partial charge in [0.1, 0.15) is 6.04 Å². The lowest BCUT2D eigenvalue weighted by molar-refractivity contribution is -0.141. The van der Waals surface area contributed by atoms with Gasteiger partial charge in [0.2, 0.25) is 11.8 Å². The van der Waals surface area contributed by atoms with E-state index in [2.05, 4.69) is 17.4 Å². The number of hydrogen-bond donors (Lipinski definition) is 1. The Labute approximate surface area is 206 Å². The Kier molecular flexibility index (Phi) is 10.4. The first-order valence-corrected chi connectivity index (χ1v) is 12.7. The molecule has 0 saturated heterocycles. The molecule has 0 bridgehead atoms. The van der Waals surface area contributed by atoms with Crippen molar-refractivity contribution in [3.63, 3.8) is 0 Å². The summed E-state index contributed by atoms with van der Waals surface area (Å²) in [4.78, 5) is 27.9. The van der Waals surface area contributed by atoms with Crippen LogP contribution in [-0.4, -0.2) is 34.0 Å². The highest BCUT2D eigenvalue weighted by Crippen LogP contribution is 2.24. The molecule has 0 fully saturated rings. The largest absolute Gasteiger partial charge is 0.350 e. The van der Waals surface area contributed by atoms with Crippen molar-refractivity contribution in [1.82, 2.24) is 10.2 Å². The van der Waals surface area contributed by atoms with Gasteiger partial charge in [-0.2, -0.15) is 11.8 Å². The first-order chi connectivity index (χ1) is 15.1. The Bertz CT molecular complexity index is 901. The monoisotopic (exact) mass is 494 g/mol. The quantitative estimate of drug-likeness (QED) is 0.392. The molecule has 0 aromatic heterocycles. The maximum Gasteiger partial charge on any atom is 0.243 e. The summed E-state index contributed by atoms with van der Waals surface area (Å²) in [6, 6.07) is 14.9. The predicted molar refractivity (Wildman–Crippen MR) is 136 cm³/mol. The van der Waals surface area contributed by atoms with Crippen LogP contribution >= 0.6 is 35.0 Å². The maximum absolute atomic E-state index is 13.3. The van der Waals surface area contributed by atoms with Crippen LogP contribution in [0.15, 0.2) is 48.5 Å². The fraction of sp³-hybridized carbons (Fsp3) is 0.440. The van der Waals surface area contributed by atoms with Gasteiger partial charge in [0.05, 0.1) is 10.0 Å². The van der Waals surface area contributed by atoms with Crippen LogP contribution in [0.25, 0.3) is 0 Å². The smallest absolute Gasteiger partial charge is 0.243 e. The van der Waals surface area contributed by atoms with E-state index in [0.717, 1.165) is 11.3 Å². The van der Waals surface area contributed by atoms with Crippen molar-refractivity contribution in [2.24, 2.45) is 0 Å². The Morgan fingerprint density at radius 2 is 1.72 bits per heavy atom. The lowest BCUT2D eigenvalue weighted by atomic mass is 10.1. The summed E-state index contributed by atoms with van der Waals surface area (Å²) < 4.78 is 0. The third-order valence-corrected chi connectivity index (χ3v) is 6.56. The molecule has 0 spiro atoms. The van der Waals surface area contributed by atoms with Gasteiger partial charge in [-0.1, -0.05) is 66.5 Å². The number of carbonyl (C=O) groups is 2. The van der Waals surface area contributed by atoms with E-state index >= 15 is 0 Å². The van der Waals surface area contributed by atoms with E-state index in [4.69, 9.17) is 23.2 Å². The molecule has 1 atom stereocenters. The van der Waals surface area contributed by atoms with Crippen molar-refractivity contribution in [3.8, 4) is 0 Å². The maximum atomic E-state index is 13.3. The Morgan fingerprint density at radius 1 is 1.03 bits per heavy atom. The Morgan fingerprint density at radius 3 is 2.31 bits per heavy atom. The predicted octanol–water partition coefficient (Wildman–Crippen LogP) is 6.34. The molecule has 0 aliphatic rings. The second kappa shape index (κ2) is 12.5. The van der Waals surface area contributed by atoms with E-state index in [1.807, 2.05) is 52.0 Å². The molecule has 2 aromatic rings. The zero-order chi connectivity index (χ0) is 23.7. The van der Waals surface area contributed by atoms with E-state index in [0.29, 0.717) is 35.2 Å². The first-order valence-electron chi connectivity index (χ1n) is 10.8. The minimum absolute atomic E-state index is 0.0486. The fourth-order valence-corrected chi connectivity index (χ4v) is 4.49. The second-order valence-corrected chi connectivity index (χ2v) is 10.6. The fourth-order valence-electron chi connectivity index (χ4n) is 3.27. The molecular weight excluding hydrogens is 463 g/mol. The highest BCUT2D eigenvalue weighted by molar-refractivity contribution is 7.98. The zero-order valence-corrected chi connectivity index (χ0v) is 21.5. The number of halogens is 2. The van der Waals surface area contributed by atoms with Crippen LogP contribution in [0.1, 0.15) is 51.7 Å². The van der Waals surface area contributed by atoms with Gasteiger partial charge in [-0.3, -0.25) is 9.59 Å². The standard InChI is InChI=1S/C25H32Cl2N2O2S/c1-5-22(24(31)28-25(2,3)4)29(16-19-11-12-20(26)21(27)15-19)23(30)13-14-32-17-18-9-7-6-8-10-18/h6-12,15,22H,5,13-14,16-17H2,1-4H3,(H,28,31)/t22-/m0/s1. The van der Waals surface area contributed by atoms with Crippen LogP contribution in [-0.2, 0) is 21.9 Å². The Hall–Kier alpha value is -1.69. The zero-order valence-electron chi connectivity index (χ0n) is 19.2. The minimum atomic E-state index is -0.560. The van der Waals surface area contributed by atoms with Gasteiger partial charge in [-0.25, -0.2) is 0 Å². The van der Waals surface area contributed by atoms with E-state index in [1.54, 1.807) is 28.8 Å². The van der Waals surface area contributed by atoms with Crippen LogP contribution in [0.3, 0.4) is 0 Å². The number of nitrogens with one attached hydrogen (secondary N) is 1. The summed E-state index contributed by atoms with van der Waals surface area (Å²) >= 11 is 13.9. The SMILES string of the molecule is CC[C@@H](C(=O)NC(C)(C)C)N(Cc1ccc(Cl)c(Cl)c1)C(=O)CCSCc1ccccc1. The third kappa shape index (κ3) is 8.68. The van der Waals surface area contributed by atoms with E-state index < -0.39 is 6.04 Å². The molecule has 0 aliphatic carbocycles. The van der Waals surface area contributed by atoms with Crippen molar-refractivity contribution in [1.29, 1.82) is 0 Å². The molecule has 0 radical (unpaired) electrons. The topological polar surface area (TPSA) is 49.4 Å². The lowest BCUT2D eigenvalue weighted by Crippen LogP contribution is -2.53. The van der Waals surface area contributed by atoms with Crippen LogP contribution in [0.5, 0.6) is 0 Å². The van der Waals surface area contributed by atoms with E-state index in [-0.39, 0.29) is 17.4 Å². The average Bonchev–Trinajstić information content (AvgIpc) is 2.73. The second-order valence-electron chi connectivity index (χ2n) is 8.72. The van der Waals surface area contributed by atoms with Crippen LogP contribution in [0.2, 0.25) is 10.0 Å². The Balaban J connectivity index is 2.12. The normalized spacial score (nSPS) is 12.3. The van der Waals surface area contributed by atoms with Gasteiger partial charge in [0, 0.05) is 30.0 Å². The summed E-state index contributed by atoms with van der Waals surface area (Å²) in [5.41, 5.74) is 1.69. The molecule has 7 heteroatoms. The average molecular weight is 496 g/mol. The van der Waals surface area contributed by atoms with Crippen LogP contribution < -0.4 is 5.32 Å². The molecule has 0 aliphatic heterocycles. The number of hydrogen-bond acceptors (Lipinski definition) is 3. The van der Waals surface area contributed by atoms with Crippen LogP contribution in [0, 0.1) is 0 Å². The number of carbonyl (C=O) groups excluding carboxylic acids is 2. The lowest BCUT2D eigenvalue weighted by Gasteiger charge is -2.33. The molecule has 2 aromatic carbocycles. The number of thioether (sulfide) groups is 1. The molecular formula is C25H32Cl2N2O2S. The molecule has 32 heavy (non-hydrogen) atoms. The van der Waals surface area contributed by atoms with Gasteiger partial charge in [0.25, 0.3) is 0 Å². The van der Waals surface area contributed by atoms with E-state index in [1.165, 1.54) is 5.56 Å². The molecule has 4 nitrogen and oxygen atoms in total. The number of rotatable bonds is 10.